The summed E-state index contributed by atoms with van der Waals surface area (Å²) in [6, 6.07) is 12.6. The van der Waals surface area contributed by atoms with Crippen LogP contribution in [0.3, 0.4) is 0 Å². The maximum atomic E-state index is 10.5. The van der Waals surface area contributed by atoms with Gasteiger partial charge in [0.2, 0.25) is 0 Å². The van der Waals surface area contributed by atoms with Crippen molar-refractivity contribution in [3.8, 4) is 0 Å². The zero-order valence-corrected chi connectivity index (χ0v) is 10.9. The summed E-state index contributed by atoms with van der Waals surface area (Å²) in [5.41, 5.74) is 1.12. The van der Waals surface area contributed by atoms with Gasteiger partial charge in [-0.1, -0.05) is 30.3 Å². The lowest BCUT2D eigenvalue weighted by Crippen LogP contribution is -2.33. The van der Waals surface area contributed by atoms with Crippen LogP contribution in [0.5, 0.6) is 0 Å². The molecule has 2 rings (SSSR count). The van der Waals surface area contributed by atoms with E-state index < -0.39 is 4.92 Å². The van der Waals surface area contributed by atoms with Crippen LogP contribution in [-0.4, -0.2) is 22.7 Å². The standard InChI is InChI=1S/C14H16N2O4/c17-10-12(8-11-4-2-1-3-5-11)15-9-13-6-7-14(20-13)16(18)19/h1-7,12,15,17H,8-10H2/t12-/m1/s1. The molecule has 0 spiro atoms. The molecule has 0 amide bonds. The van der Waals surface area contributed by atoms with Gasteiger partial charge in [-0.2, -0.15) is 0 Å². The van der Waals surface area contributed by atoms with E-state index in [1.807, 2.05) is 30.3 Å². The molecule has 0 aliphatic heterocycles. The number of furan rings is 1. The molecule has 0 saturated carbocycles. The third-order valence-corrected chi connectivity index (χ3v) is 2.94. The van der Waals surface area contributed by atoms with Gasteiger partial charge in [-0.15, -0.1) is 0 Å². The average Bonchev–Trinajstić information content (AvgIpc) is 2.93. The lowest BCUT2D eigenvalue weighted by atomic mass is 10.1. The fourth-order valence-electron chi connectivity index (χ4n) is 1.90. The molecule has 6 heteroatoms. The molecule has 106 valence electrons. The first kappa shape index (κ1) is 14.2. The van der Waals surface area contributed by atoms with Crippen molar-refractivity contribution in [2.45, 2.75) is 19.0 Å². The monoisotopic (exact) mass is 276 g/mol. The van der Waals surface area contributed by atoms with Crippen molar-refractivity contribution in [2.75, 3.05) is 6.61 Å². The number of hydrogen-bond donors (Lipinski definition) is 2. The maximum Gasteiger partial charge on any atom is 0.433 e. The minimum absolute atomic E-state index is 0.0162. The summed E-state index contributed by atoms with van der Waals surface area (Å²) < 4.78 is 5.05. The Morgan fingerprint density at radius 1 is 1.25 bits per heavy atom. The number of nitro groups is 1. The summed E-state index contributed by atoms with van der Waals surface area (Å²) in [6.07, 6.45) is 0.681. The molecule has 20 heavy (non-hydrogen) atoms. The summed E-state index contributed by atoms with van der Waals surface area (Å²) in [7, 11) is 0. The molecule has 1 aromatic carbocycles. The predicted octanol–water partition coefficient (Wildman–Crippen LogP) is 1.88. The predicted molar refractivity (Wildman–Crippen MR) is 73.2 cm³/mol. The van der Waals surface area contributed by atoms with Crippen molar-refractivity contribution in [3.05, 3.63) is 63.9 Å². The number of nitrogens with zero attached hydrogens (tertiary/aromatic N) is 1. The highest BCUT2D eigenvalue weighted by Crippen LogP contribution is 2.15. The molecule has 0 fully saturated rings. The van der Waals surface area contributed by atoms with Gasteiger partial charge >= 0.3 is 5.88 Å². The first-order valence-corrected chi connectivity index (χ1v) is 6.30. The first-order valence-electron chi connectivity index (χ1n) is 6.30. The van der Waals surface area contributed by atoms with Gasteiger partial charge in [0.15, 0.2) is 0 Å². The number of benzene rings is 1. The zero-order valence-electron chi connectivity index (χ0n) is 10.9. The van der Waals surface area contributed by atoms with Gasteiger partial charge in [0, 0.05) is 6.04 Å². The Kier molecular flexibility index (Phi) is 4.86. The summed E-state index contributed by atoms with van der Waals surface area (Å²) in [5.74, 6) is 0.202. The number of rotatable bonds is 7. The van der Waals surface area contributed by atoms with E-state index in [1.54, 1.807) is 6.07 Å². The lowest BCUT2D eigenvalue weighted by Gasteiger charge is -2.15. The van der Waals surface area contributed by atoms with E-state index in [0.717, 1.165) is 5.56 Å². The van der Waals surface area contributed by atoms with Gasteiger partial charge in [-0.3, -0.25) is 10.1 Å². The smallest absolute Gasteiger partial charge is 0.404 e. The van der Waals surface area contributed by atoms with E-state index in [4.69, 9.17) is 4.42 Å². The average molecular weight is 276 g/mol. The molecule has 1 atom stereocenters. The summed E-state index contributed by atoms with van der Waals surface area (Å²) in [6.45, 7) is 0.323. The number of aliphatic hydroxyl groups excluding tert-OH is 1. The van der Waals surface area contributed by atoms with E-state index >= 15 is 0 Å². The van der Waals surface area contributed by atoms with Gasteiger partial charge in [0.25, 0.3) is 0 Å². The molecule has 6 nitrogen and oxygen atoms in total. The Labute approximate surface area is 116 Å². The van der Waals surface area contributed by atoms with Crippen molar-refractivity contribution in [1.29, 1.82) is 0 Å². The first-order chi connectivity index (χ1) is 9.69. The van der Waals surface area contributed by atoms with Gasteiger partial charge in [0.05, 0.1) is 19.2 Å². The summed E-state index contributed by atoms with van der Waals surface area (Å²) in [5, 5.41) is 23.0. The highest BCUT2D eigenvalue weighted by Gasteiger charge is 2.13. The van der Waals surface area contributed by atoms with Crippen LogP contribution < -0.4 is 5.32 Å². The molecular weight excluding hydrogens is 260 g/mol. The molecule has 2 aromatic rings. The molecule has 0 radical (unpaired) electrons. The van der Waals surface area contributed by atoms with E-state index in [1.165, 1.54) is 6.07 Å². The molecule has 1 aromatic heterocycles. The van der Waals surface area contributed by atoms with Crippen LogP contribution in [0, 0.1) is 10.1 Å². The van der Waals surface area contributed by atoms with Gasteiger partial charge in [-0.25, -0.2) is 0 Å². The van der Waals surface area contributed by atoms with Crippen LogP contribution in [-0.2, 0) is 13.0 Å². The minimum Gasteiger partial charge on any atom is -0.404 e. The van der Waals surface area contributed by atoms with Crippen molar-refractivity contribution in [3.63, 3.8) is 0 Å². The lowest BCUT2D eigenvalue weighted by molar-refractivity contribution is -0.402. The van der Waals surface area contributed by atoms with Gasteiger partial charge < -0.3 is 14.8 Å². The van der Waals surface area contributed by atoms with Crippen LogP contribution in [0.2, 0.25) is 0 Å². The Morgan fingerprint density at radius 3 is 2.60 bits per heavy atom. The molecule has 1 heterocycles. The van der Waals surface area contributed by atoms with Crippen molar-refractivity contribution >= 4 is 5.88 Å². The van der Waals surface area contributed by atoms with E-state index in [-0.39, 0.29) is 18.5 Å². The van der Waals surface area contributed by atoms with Crippen molar-refractivity contribution in [2.24, 2.45) is 0 Å². The number of nitrogens with one attached hydrogen (secondary N) is 1. The van der Waals surface area contributed by atoms with Gasteiger partial charge in [-0.05, 0) is 18.1 Å². The second-order valence-corrected chi connectivity index (χ2v) is 4.45. The Hall–Kier alpha value is -2.18. The molecule has 0 aliphatic carbocycles. The van der Waals surface area contributed by atoms with Crippen molar-refractivity contribution < 1.29 is 14.4 Å². The zero-order chi connectivity index (χ0) is 14.4. The van der Waals surface area contributed by atoms with E-state index in [9.17, 15) is 15.2 Å². The molecule has 2 N–H and O–H groups in total. The van der Waals surface area contributed by atoms with E-state index in [2.05, 4.69) is 5.32 Å². The quantitative estimate of drug-likeness (QED) is 0.595. The third-order valence-electron chi connectivity index (χ3n) is 2.94. The highest BCUT2D eigenvalue weighted by atomic mass is 16.6. The fraction of sp³-hybridized carbons (Fsp3) is 0.286. The molecule has 0 unspecified atom stereocenters. The van der Waals surface area contributed by atoms with Crippen LogP contribution in [0.25, 0.3) is 0 Å². The fourth-order valence-corrected chi connectivity index (χ4v) is 1.90. The summed E-state index contributed by atoms with van der Waals surface area (Å²) in [4.78, 5) is 9.93. The van der Waals surface area contributed by atoms with E-state index in [0.29, 0.717) is 18.7 Å². The third kappa shape index (κ3) is 3.91. The van der Waals surface area contributed by atoms with Crippen molar-refractivity contribution in [1.82, 2.24) is 5.32 Å². The Bertz CT molecular complexity index is 553. The Morgan fingerprint density at radius 2 is 2.00 bits per heavy atom. The summed E-state index contributed by atoms with van der Waals surface area (Å²) >= 11 is 0. The second-order valence-electron chi connectivity index (χ2n) is 4.45. The van der Waals surface area contributed by atoms with Crippen LogP contribution in [0.15, 0.2) is 46.9 Å². The minimum atomic E-state index is -0.572. The molecule has 0 saturated heterocycles. The second kappa shape index (κ2) is 6.83. The highest BCUT2D eigenvalue weighted by molar-refractivity contribution is 5.18. The van der Waals surface area contributed by atoms with Crippen LogP contribution >= 0.6 is 0 Å². The number of hydrogen-bond acceptors (Lipinski definition) is 5. The Balaban J connectivity index is 1.88. The largest absolute Gasteiger partial charge is 0.433 e. The molecular formula is C14H16N2O4. The number of aliphatic hydroxyl groups is 1. The molecule has 0 bridgehead atoms. The van der Waals surface area contributed by atoms with Crippen LogP contribution in [0.4, 0.5) is 5.88 Å². The normalized spacial score (nSPS) is 12.2. The maximum absolute atomic E-state index is 10.5. The molecule has 0 aliphatic rings. The van der Waals surface area contributed by atoms with Gasteiger partial charge in [0.1, 0.15) is 10.7 Å². The SMILES string of the molecule is O=[N+]([O-])c1ccc(CN[C@@H](CO)Cc2ccccc2)o1. The van der Waals surface area contributed by atoms with Crippen LogP contribution in [0.1, 0.15) is 11.3 Å². The topological polar surface area (TPSA) is 88.5 Å².